The second kappa shape index (κ2) is 11.1. The average molecular weight is 398 g/mol. The average Bonchev–Trinajstić information content (AvgIpc) is 2.66. The molecule has 0 unspecified atom stereocenters. The van der Waals surface area contributed by atoms with E-state index >= 15 is 0 Å². The van der Waals surface area contributed by atoms with E-state index in [0.29, 0.717) is 19.4 Å². The summed E-state index contributed by atoms with van der Waals surface area (Å²) >= 11 is 0. The van der Waals surface area contributed by atoms with Gasteiger partial charge >= 0.3 is 0 Å². The summed E-state index contributed by atoms with van der Waals surface area (Å²) in [5.74, 6) is 0.190. The van der Waals surface area contributed by atoms with E-state index in [1.165, 1.54) is 0 Å². The molecule has 0 bridgehead atoms. The van der Waals surface area contributed by atoms with Crippen molar-refractivity contribution in [1.82, 2.24) is 15.5 Å². The fraction of sp³-hybridized carbons (Fsp3) is 0.900. The molecule has 2 saturated heterocycles. The molecule has 0 aromatic heterocycles. The van der Waals surface area contributed by atoms with Crippen molar-refractivity contribution < 1.29 is 24.2 Å². The first-order valence-electron chi connectivity index (χ1n) is 10.8. The second-order valence-electron chi connectivity index (χ2n) is 8.16. The fourth-order valence-electron chi connectivity index (χ4n) is 4.05. The first kappa shape index (κ1) is 21.5. The Morgan fingerprint density at radius 2 is 1.89 bits per heavy atom. The van der Waals surface area contributed by atoms with Gasteiger partial charge < -0.3 is 25.2 Å². The van der Waals surface area contributed by atoms with Gasteiger partial charge in [-0.25, -0.2) is 0 Å². The van der Waals surface area contributed by atoms with Crippen molar-refractivity contribution in [2.24, 2.45) is 5.92 Å². The van der Waals surface area contributed by atoms with Crippen LogP contribution in [0.25, 0.3) is 0 Å². The Balaban J connectivity index is 1.31. The molecule has 8 heteroatoms. The highest BCUT2D eigenvalue weighted by atomic mass is 16.5. The molecule has 2 amide bonds. The van der Waals surface area contributed by atoms with E-state index in [4.69, 9.17) is 9.47 Å². The summed E-state index contributed by atoms with van der Waals surface area (Å²) in [6.07, 6.45) is 5.07. The smallest absolute Gasteiger partial charge is 0.223 e. The lowest BCUT2D eigenvalue weighted by atomic mass is 9.84. The number of morpholine rings is 1. The Hall–Kier alpha value is -1.22. The van der Waals surface area contributed by atoms with Gasteiger partial charge in [-0.05, 0) is 38.6 Å². The maximum atomic E-state index is 12.2. The van der Waals surface area contributed by atoms with E-state index in [2.05, 4.69) is 15.5 Å². The molecule has 8 nitrogen and oxygen atoms in total. The topological polar surface area (TPSA) is 100 Å². The van der Waals surface area contributed by atoms with Crippen molar-refractivity contribution in [1.29, 1.82) is 0 Å². The summed E-state index contributed by atoms with van der Waals surface area (Å²) in [5, 5.41) is 15.6. The van der Waals surface area contributed by atoms with Crippen LogP contribution < -0.4 is 10.6 Å². The van der Waals surface area contributed by atoms with Crippen molar-refractivity contribution >= 4 is 11.8 Å². The number of carbonyl (C=O) groups is 2. The number of amides is 2. The minimum absolute atomic E-state index is 0.0133. The zero-order chi connectivity index (χ0) is 19.8. The van der Waals surface area contributed by atoms with Crippen molar-refractivity contribution in [3.8, 4) is 0 Å². The Kier molecular flexibility index (Phi) is 8.51. The molecular formula is C20H35N3O5. The van der Waals surface area contributed by atoms with Crippen LogP contribution in [0.15, 0.2) is 0 Å². The van der Waals surface area contributed by atoms with Crippen molar-refractivity contribution in [3.05, 3.63) is 0 Å². The number of nitrogens with zero attached hydrogens (tertiary/aromatic N) is 1. The van der Waals surface area contributed by atoms with Crippen molar-refractivity contribution in [2.75, 3.05) is 46.0 Å². The number of aliphatic hydroxyl groups excluding tert-OH is 1. The fourth-order valence-corrected chi connectivity index (χ4v) is 4.05. The van der Waals surface area contributed by atoms with E-state index in [9.17, 15) is 14.7 Å². The lowest BCUT2D eigenvalue weighted by Crippen LogP contribution is -2.53. The Morgan fingerprint density at radius 1 is 1.11 bits per heavy atom. The number of nitrogens with one attached hydrogen (secondary N) is 2. The Labute approximate surface area is 167 Å². The molecule has 1 aliphatic carbocycles. The molecule has 2 heterocycles. The lowest BCUT2D eigenvalue weighted by Gasteiger charge is -2.37. The standard InChI is InChI=1S/C20H35N3O5/c24-14-18-17(22-20(26)15-3-1-4-15)6-5-16(28-18)13-19(25)21-7-2-8-23-9-11-27-12-10-23/h15-18,24H,1-14H2,(H,21,25)(H,22,26)/t16-,17+,18+/m0/s1. The third-order valence-corrected chi connectivity index (χ3v) is 6.09. The van der Waals surface area contributed by atoms with Gasteiger partial charge in [-0.15, -0.1) is 0 Å². The molecule has 3 atom stereocenters. The third kappa shape index (κ3) is 6.40. The first-order chi connectivity index (χ1) is 13.7. The van der Waals surface area contributed by atoms with Gasteiger partial charge in [0.25, 0.3) is 0 Å². The van der Waals surface area contributed by atoms with Gasteiger partial charge in [-0.1, -0.05) is 6.42 Å². The lowest BCUT2D eigenvalue weighted by molar-refractivity contribution is -0.138. The van der Waals surface area contributed by atoms with Crippen LogP contribution >= 0.6 is 0 Å². The van der Waals surface area contributed by atoms with Crippen LogP contribution in [-0.4, -0.2) is 86.1 Å². The number of rotatable bonds is 9. The minimum Gasteiger partial charge on any atom is -0.394 e. The molecule has 160 valence electrons. The van der Waals surface area contributed by atoms with Crippen molar-refractivity contribution in [3.63, 3.8) is 0 Å². The molecule has 28 heavy (non-hydrogen) atoms. The van der Waals surface area contributed by atoms with Crippen LogP contribution in [0.2, 0.25) is 0 Å². The Bertz CT molecular complexity index is 508. The number of aliphatic hydroxyl groups is 1. The molecule has 0 aromatic rings. The number of hydrogen-bond acceptors (Lipinski definition) is 6. The van der Waals surface area contributed by atoms with E-state index in [1.54, 1.807) is 0 Å². The van der Waals surface area contributed by atoms with E-state index in [0.717, 1.165) is 65.0 Å². The monoisotopic (exact) mass is 397 g/mol. The first-order valence-corrected chi connectivity index (χ1v) is 10.8. The molecule has 3 rings (SSSR count). The van der Waals surface area contributed by atoms with Crippen LogP contribution in [0.3, 0.4) is 0 Å². The number of ether oxygens (including phenoxy) is 2. The van der Waals surface area contributed by atoms with Gasteiger partial charge in [-0.3, -0.25) is 14.5 Å². The molecule has 3 fully saturated rings. The highest BCUT2D eigenvalue weighted by Gasteiger charge is 2.35. The number of carbonyl (C=O) groups excluding carboxylic acids is 2. The van der Waals surface area contributed by atoms with Crippen LogP contribution in [0.5, 0.6) is 0 Å². The third-order valence-electron chi connectivity index (χ3n) is 6.09. The van der Waals surface area contributed by atoms with Gasteiger partial charge in [-0.2, -0.15) is 0 Å². The maximum Gasteiger partial charge on any atom is 0.223 e. The van der Waals surface area contributed by atoms with Crippen LogP contribution in [0.4, 0.5) is 0 Å². The summed E-state index contributed by atoms with van der Waals surface area (Å²) in [7, 11) is 0. The molecule has 3 N–H and O–H groups in total. The predicted octanol–water partition coefficient (Wildman–Crippen LogP) is 0.0398. The summed E-state index contributed by atoms with van der Waals surface area (Å²) in [6, 6.07) is -0.161. The Morgan fingerprint density at radius 3 is 2.57 bits per heavy atom. The predicted molar refractivity (Wildman–Crippen MR) is 104 cm³/mol. The highest BCUT2D eigenvalue weighted by Crippen LogP contribution is 2.28. The molecule has 0 radical (unpaired) electrons. The van der Waals surface area contributed by atoms with Gasteiger partial charge in [0, 0.05) is 25.6 Å². The maximum absolute atomic E-state index is 12.2. The van der Waals surface area contributed by atoms with Crippen LogP contribution in [-0.2, 0) is 19.1 Å². The van der Waals surface area contributed by atoms with Crippen molar-refractivity contribution in [2.45, 2.75) is 63.2 Å². The second-order valence-corrected chi connectivity index (χ2v) is 8.16. The zero-order valence-electron chi connectivity index (χ0n) is 16.7. The SMILES string of the molecule is O=C(C[C@@H]1CC[C@@H](NC(=O)C2CCC2)[C@@H](CO)O1)NCCCN1CCOCC1. The van der Waals surface area contributed by atoms with Gasteiger partial charge in [0.15, 0.2) is 0 Å². The zero-order valence-corrected chi connectivity index (χ0v) is 16.7. The van der Waals surface area contributed by atoms with E-state index in [-0.39, 0.29) is 36.5 Å². The summed E-state index contributed by atoms with van der Waals surface area (Å²) in [4.78, 5) is 26.7. The molecule has 0 spiro atoms. The summed E-state index contributed by atoms with van der Waals surface area (Å²) in [6.45, 7) is 4.99. The van der Waals surface area contributed by atoms with Gasteiger partial charge in [0.2, 0.25) is 11.8 Å². The normalized spacial score (nSPS) is 29.1. The van der Waals surface area contributed by atoms with E-state index in [1.807, 2.05) is 0 Å². The van der Waals surface area contributed by atoms with Gasteiger partial charge in [0.05, 0.1) is 38.4 Å². The highest BCUT2D eigenvalue weighted by molar-refractivity contribution is 5.79. The molecule has 2 aliphatic heterocycles. The summed E-state index contributed by atoms with van der Waals surface area (Å²) in [5.41, 5.74) is 0. The van der Waals surface area contributed by atoms with Gasteiger partial charge in [0.1, 0.15) is 6.10 Å². The molecule has 1 saturated carbocycles. The quantitative estimate of drug-likeness (QED) is 0.475. The number of hydrogen-bond donors (Lipinski definition) is 3. The van der Waals surface area contributed by atoms with Crippen LogP contribution in [0.1, 0.15) is 44.9 Å². The summed E-state index contributed by atoms with van der Waals surface area (Å²) < 4.78 is 11.2. The minimum atomic E-state index is -0.433. The van der Waals surface area contributed by atoms with Crippen LogP contribution in [0, 0.1) is 5.92 Å². The largest absolute Gasteiger partial charge is 0.394 e. The molecule has 3 aliphatic rings. The molecular weight excluding hydrogens is 362 g/mol. The molecule has 0 aromatic carbocycles. The van der Waals surface area contributed by atoms with E-state index < -0.39 is 6.10 Å².